The molecule has 5 nitrogen and oxygen atoms in total. The maximum absolute atomic E-state index is 12.5. The Morgan fingerprint density at radius 2 is 2.14 bits per heavy atom. The lowest BCUT2D eigenvalue weighted by molar-refractivity contribution is 0.455. The van der Waals surface area contributed by atoms with Gasteiger partial charge < -0.3 is 9.73 Å². The first-order valence-corrected chi connectivity index (χ1v) is 10.1. The molecule has 21 heavy (non-hydrogen) atoms. The van der Waals surface area contributed by atoms with Gasteiger partial charge in [0.2, 0.25) is 10.0 Å². The normalized spacial score (nSPS) is 23.4. The van der Waals surface area contributed by atoms with Gasteiger partial charge in [0, 0.05) is 23.9 Å². The van der Waals surface area contributed by atoms with Gasteiger partial charge in [-0.05, 0) is 38.4 Å². The average molecular weight is 330 g/mol. The molecular weight excluding hydrogens is 308 g/mol. The minimum atomic E-state index is -3.48. The fourth-order valence-electron chi connectivity index (χ4n) is 2.53. The monoisotopic (exact) mass is 330 g/mol. The zero-order valence-corrected chi connectivity index (χ0v) is 13.9. The van der Waals surface area contributed by atoms with E-state index in [-0.39, 0.29) is 10.9 Å². The number of rotatable bonds is 6. The molecule has 2 fully saturated rings. The van der Waals surface area contributed by atoms with Gasteiger partial charge in [0.15, 0.2) is 0 Å². The highest BCUT2D eigenvalue weighted by Crippen LogP contribution is 2.24. The topological polar surface area (TPSA) is 71.3 Å². The molecule has 2 aliphatic rings. The van der Waals surface area contributed by atoms with E-state index in [1.165, 1.54) is 12.8 Å². The van der Waals surface area contributed by atoms with Gasteiger partial charge in [0.05, 0.1) is 6.54 Å². The van der Waals surface area contributed by atoms with E-state index < -0.39 is 10.0 Å². The van der Waals surface area contributed by atoms with Crippen molar-refractivity contribution in [3.05, 3.63) is 17.6 Å². The van der Waals surface area contributed by atoms with Crippen LogP contribution in [0.3, 0.4) is 0 Å². The molecule has 1 aliphatic heterocycles. The summed E-state index contributed by atoms with van der Waals surface area (Å²) in [6.45, 7) is 2.31. The van der Waals surface area contributed by atoms with Gasteiger partial charge in [-0.2, -0.15) is 11.8 Å². The summed E-state index contributed by atoms with van der Waals surface area (Å²) >= 11 is 1.81. The summed E-state index contributed by atoms with van der Waals surface area (Å²) in [5.74, 6) is 3.14. The second-order valence-electron chi connectivity index (χ2n) is 5.82. The standard InChI is InChI=1S/C14H22N2O3S2/c1-10-14(7-13(19-10)8-15-11-4-5-11)21(17,18)16-12-3-2-6-20-9-12/h7,11-12,15-16H,2-6,8-9H2,1H3. The van der Waals surface area contributed by atoms with E-state index >= 15 is 0 Å². The van der Waals surface area contributed by atoms with Crippen LogP contribution in [0.1, 0.15) is 37.2 Å². The maximum Gasteiger partial charge on any atom is 0.244 e. The second kappa shape index (κ2) is 6.32. The summed E-state index contributed by atoms with van der Waals surface area (Å²) in [4.78, 5) is 0.283. The summed E-state index contributed by atoms with van der Waals surface area (Å²) in [5, 5.41) is 3.33. The smallest absolute Gasteiger partial charge is 0.244 e. The fourth-order valence-corrected chi connectivity index (χ4v) is 5.18. The van der Waals surface area contributed by atoms with E-state index in [2.05, 4.69) is 10.0 Å². The lowest BCUT2D eigenvalue weighted by Crippen LogP contribution is -2.38. The number of nitrogens with one attached hydrogen (secondary N) is 2. The van der Waals surface area contributed by atoms with Crippen LogP contribution < -0.4 is 10.0 Å². The Morgan fingerprint density at radius 3 is 2.81 bits per heavy atom. The Morgan fingerprint density at radius 1 is 1.33 bits per heavy atom. The molecule has 7 heteroatoms. The molecule has 118 valence electrons. The number of furan rings is 1. The van der Waals surface area contributed by atoms with Crippen LogP contribution in [-0.4, -0.2) is 32.0 Å². The minimum absolute atomic E-state index is 0.0380. The Balaban J connectivity index is 1.68. The van der Waals surface area contributed by atoms with Gasteiger partial charge in [-0.25, -0.2) is 13.1 Å². The van der Waals surface area contributed by atoms with Crippen LogP contribution in [0.2, 0.25) is 0 Å². The third-order valence-electron chi connectivity index (χ3n) is 3.84. The van der Waals surface area contributed by atoms with Crippen LogP contribution >= 0.6 is 11.8 Å². The molecule has 2 N–H and O–H groups in total. The molecule has 0 aromatic carbocycles. The molecule has 1 unspecified atom stereocenters. The van der Waals surface area contributed by atoms with Crippen LogP contribution in [0.25, 0.3) is 0 Å². The summed E-state index contributed by atoms with van der Waals surface area (Å²) in [5.41, 5.74) is 0. The van der Waals surface area contributed by atoms with Crippen LogP contribution in [-0.2, 0) is 16.6 Å². The lowest BCUT2D eigenvalue weighted by atomic mass is 10.2. The van der Waals surface area contributed by atoms with Crippen molar-refractivity contribution in [3.63, 3.8) is 0 Å². The summed E-state index contributed by atoms with van der Waals surface area (Å²) in [6.07, 6.45) is 4.38. The minimum Gasteiger partial charge on any atom is -0.464 e. The molecule has 1 saturated heterocycles. The van der Waals surface area contributed by atoms with E-state index in [9.17, 15) is 8.42 Å². The molecule has 1 aliphatic carbocycles. The Labute approximate surface area is 130 Å². The van der Waals surface area contributed by atoms with Crippen LogP contribution in [0.4, 0.5) is 0 Å². The van der Waals surface area contributed by atoms with Gasteiger partial charge in [-0.1, -0.05) is 0 Å². The van der Waals surface area contributed by atoms with Crippen LogP contribution in [0.15, 0.2) is 15.4 Å². The van der Waals surface area contributed by atoms with Crippen molar-refractivity contribution >= 4 is 21.8 Å². The third kappa shape index (κ3) is 4.03. The molecule has 0 amide bonds. The third-order valence-corrected chi connectivity index (χ3v) is 6.68. The largest absolute Gasteiger partial charge is 0.464 e. The quantitative estimate of drug-likeness (QED) is 0.835. The molecule has 3 rings (SSSR count). The van der Waals surface area contributed by atoms with Gasteiger partial charge in [-0.3, -0.25) is 0 Å². The van der Waals surface area contributed by atoms with E-state index in [4.69, 9.17) is 4.42 Å². The maximum atomic E-state index is 12.5. The van der Waals surface area contributed by atoms with Crippen molar-refractivity contribution in [2.45, 2.75) is 56.1 Å². The first-order chi connectivity index (χ1) is 10.0. The first kappa shape index (κ1) is 15.4. The van der Waals surface area contributed by atoms with Gasteiger partial charge in [0.25, 0.3) is 0 Å². The van der Waals surface area contributed by atoms with Crippen LogP contribution in [0.5, 0.6) is 0 Å². The van der Waals surface area contributed by atoms with Crippen molar-refractivity contribution in [2.75, 3.05) is 11.5 Å². The number of hydrogen-bond acceptors (Lipinski definition) is 5. The summed E-state index contributed by atoms with van der Waals surface area (Å²) in [6, 6.07) is 2.27. The van der Waals surface area contributed by atoms with Crippen molar-refractivity contribution in [1.82, 2.24) is 10.0 Å². The highest BCUT2D eigenvalue weighted by molar-refractivity contribution is 7.99. The Bertz CT molecular complexity index is 587. The molecule has 1 atom stereocenters. The molecule has 1 saturated carbocycles. The van der Waals surface area contributed by atoms with Gasteiger partial charge in [-0.15, -0.1) is 0 Å². The highest BCUT2D eigenvalue weighted by atomic mass is 32.2. The van der Waals surface area contributed by atoms with Gasteiger partial charge in [0.1, 0.15) is 16.4 Å². The summed E-state index contributed by atoms with van der Waals surface area (Å²) in [7, 11) is -3.48. The van der Waals surface area contributed by atoms with Crippen molar-refractivity contribution < 1.29 is 12.8 Å². The molecule has 0 spiro atoms. The van der Waals surface area contributed by atoms with E-state index in [0.717, 1.165) is 24.3 Å². The average Bonchev–Trinajstić information content (AvgIpc) is 3.19. The molecule has 2 heterocycles. The Hall–Kier alpha value is -0.500. The Kier molecular flexibility index (Phi) is 4.63. The predicted molar refractivity (Wildman–Crippen MR) is 84.0 cm³/mol. The number of sulfonamides is 1. The number of aryl methyl sites for hydroxylation is 1. The van der Waals surface area contributed by atoms with E-state index in [1.54, 1.807) is 24.8 Å². The van der Waals surface area contributed by atoms with E-state index in [1.807, 2.05) is 0 Å². The molecular formula is C14H22N2O3S2. The first-order valence-electron chi connectivity index (χ1n) is 7.47. The lowest BCUT2D eigenvalue weighted by Gasteiger charge is -2.22. The van der Waals surface area contributed by atoms with Crippen molar-refractivity contribution in [2.24, 2.45) is 0 Å². The highest BCUT2D eigenvalue weighted by Gasteiger charge is 2.27. The molecule has 1 aromatic heterocycles. The summed E-state index contributed by atoms with van der Waals surface area (Å²) < 4.78 is 33.4. The second-order valence-corrected chi connectivity index (χ2v) is 8.66. The van der Waals surface area contributed by atoms with Crippen LogP contribution in [0, 0.1) is 6.92 Å². The van der Waals surface area contributed by atoms with Crippen molar-refractivity contribution in [1.29, 1.82) is 0 Å². The molecule has 0 bridgehead atoms. The molecule has 0 radical (unpaired) electrons. The number of hydrogen-bond donors (Lipinski definition) is 2. The number of thioether (sulfide) groups is 1. The van der Waals surface area contributed by atoms with Crippen molar-refractivity contribution in [3.8, 4) is 0 Å². The SMILES string of the molecule is Cc1oc(CNC2CC2)cc1S(=O)(=O)NC1CCCSC1. The fraction of sp³-hybridized carbons (Fsp3) is 0.714. The van der Waals surface area contributed by atoms with E-state index in [0.29, 0.717) is 24.1 Å². The zero-order chi connectivity index (χ0) is 14.9. The molecule has 1 aromatic rings. The zero-order valence-electron chi connectivity index (χ0n) is 12.2. The van der Waals surface area contributed by atoms with Gasteiger partial charge >= 0.3 is 0 Å². The predicted octanol–water partition coefficient (Wildman–Crippen LogP) is 2.01.